The summed E-state index contributed by atoms with van der Waals surface area (Å²) in [6.45, 7) is 1.17. The molecule has 0 atom stereocenters. The Labute approximate surface area is 111 Å². The van der Waals surface area contributed by atoms with Gasteiger partial charge in [0.1, 0.15) is 12.4 Å². The minimum Gasteiger partial charge on any atom is -0.491 e. The Morgan fingerprint density at radius 1 is 1.21 bits per heavy atom. The number of fused-ring (bicyclic) bond motifs is 1. The van der Waals surface area contributed by atoms with Crippen LogP contribution in [0.5, 0.6) is 5.75 Å². The van der Waals surface area contributed by atoms with Gasteiger partial charge in [0.2, 0.25) is 0 Å². The van der Waals surface area contributed by atoms with Gasteiger partial charge in [-0.15, -0.1) is 0 Å². The highest BCUT2D eigenvalue weighted by molar-refractivity contribution is 5.87. The third-order valence-corrected chi connectivity index (χ3v) is 2.86. The van der Waals surface area contributed by atoms with E-state index in [-0.39, 0.29) is 18.8 Å². The smallest absolute Gasteiger partial charge is 0.258 e. The standard InChI is InChI=1S/C14H17NO4/c1-18-9-7-15-6-5-11-12(14(15)17)3-2-4-13(11)19-10-8-16/h2-6,16H,7-10H2,1H3. The fraction of sp³-hybridized carbons (Fsp3) is 0.357. The zero-order chi connectivity index (χ0) is 13.7. The van der Waals surface area contributed by atoms with Crippen LogP contribution in [0.4, 0.5) is 0 Å². The van der Waals surface area contributed by atoms with Crippen molar-refractivity contribution in [3.63, 3.8) is 0 Å². The van der Waals surface area contributed by atoms with Gasteiger partial charge in [-0.3, -0.25) is 4.79 Å². The largest absolute Gasteiger partial charge is 0.491 e. The lowest BCUT2D eigenvalue weighted by molar-refractivity contribution is 0.186. The Bertz CT molecular complexity index is 606. The van der Waals surface area contributed by atoms with Crippen molar-refractivity contribution in [3.05, 3.63) is 40.8 Å². The molecule has 0 unspecified atom stereocenters. The van der Waals surface area contributed by atoms with E-state index in [2.05, 4.69) is 0 Å². The first-order chi connectivity index (χ1) is 9.27. The van der Waals surface area contributed by atoms with Gasteiger partial charge in [-0.1, -0.05) is 6.07 Å². The van der Waals surface area contributed by atoms with Crippen molar-refractivity contribution in [2.24, 2.45) is 0 Å². The number of aliphatic hydroxyl groups is 1. The van der Waals surface area contributed by atoms with Crippen LogP contribution in [0, 0.1) is 0 Å². The van der Waals surface area contributed by atoms with Crippen LogP contribution in [0.25, 0.3) is 10.8 Å². The molecule has 0 amide bonds. The van der Waals surface area contributed by atoms with Crippen LogP contribution < -0.4 is 10.3 Å². The van der Waals surface area contributed by atoms with Crippen LogP contribution in [0.15, 0.2) is 35.3 Å². The SMILES string of the molecule is COCCn1ccc2c(OCCO)cccc2c1=O. The molecule has 1 heterocycles. The summed E-state index contributed by atoms with van der Waals surface area (Å²) < 4.78 is 12.0. The zero-order valence-electron chi connectivity index (χ0n) is 10.8. The molecular weight excluding hydrogens is 246 g/mol. The van der Waals surface area contributed by atoms with E-state index < -0.39 is 0 Å². The van der Waals surface area contributed by atoms with Gasteiger partial charge in [0, 0.05) is 25.2 Å². The van der Waals surface area contributed by atoms with Gasteiger partial charge >= 0.3 is 0 Å². The topological polar surface area (TPSA) is 60.7 Å². The van der Waals surface area contributed by atoms with Gasteiger partial charge in [-0.05, 0) is 18.2 Å². The molecule has 1 aromatic heterocycles. The van der Waals surface area contributed by atoms with E-state index in [9.17, 15) is 4.79 Å². The number of rotatable bonds is 6. The first kappa shape index (κ1) is 13.6. The number of methoxy groups -OCH3 is 1. The quantitative estimate of drug-likeness (QED) is 0.845. The first-order valence-corrected chi connectivity index (χ1v) is 6.12. The van der Waals surface area contributed by atoms with Crippen molar-refractivity contribution in [2.45, 2.75) is 6.54 Å². The van der Waals surface area contributed by atoms with Gasteiger partial charge in [0.15, 0.2) is 0 Å². The number of hydrogen-bond donors (Lipinski definition) is 1. The highest BCUT2D eigenvalue weighted by Gasteiger charge is 2.07. The first-order valence-electron chi connectivity index (χ1n) is 6.12. The molecule has 0 bridgehead atoms. The summed E-state index contributed by atoms with van der Waals surface area (Å²) >= 11 is 0. The van der Waals surface area contributed by atoms with Crippen molar-refractivity contribution < 1.29 is 14.6 Å². The predicted molar refractivity (Wildman–Crippen MR) is 72.7 cm³/mol. The fourth-order valence-electron chi connectivity index (χ4n) is 1.94. The average molecular weight is 263 g/mol. The van der Waals surface area contributed by atoms with Gasteiger partial charge in [-0.2, -0.15) is 0 Å². The Hall–Kier alpha value is -1.85. The van der Waals surface area contributed by atoms with E-state index in [0.29, 0.717) is 24.3 Å². The molecule has 0 aliphatic rings. The maximum absolute atomic E-state index is 12.3. The maximum Gasteiger partial charge on any atom is 0.258 e. The summed E-state index contributed by atoms with van der Waals surface area (Å²) in [6.07, 6.45) is 1.73. The molecule has 0 spiro atoms. The van der Waals surface area contributed by atoms with Crippen LogP contribution in [-0.4, -0.2) is 36.6 Å². The fourth-order valence-corrected chi connectivity index (χ4v) is 1.94. The third-order valence-electron chi connectivity index (χ3n) is 2.86. The molecule has 102 valence electrons. The van der Waals surface area contributed by atoms with E-state index in [0.717, 1.165) is 5.39 Å². The average Bonchev–Trinajstić information content (AvgIpc) is 2.44. The molecule has 1 N–H and O–H groups in total. The van der Waals surface area contributed by atoms with Gasteiger partial charge in [0.25, 0.3) is 5.56 Å². The maximum atomic E-state index is 12.3. The molecule has 0 fully saturated rings. The van der Waals surface area contributed by atoms with Crippen molar-refractivity contribution in [3.8, 4) is 5.75 Å². The number of pyridine rings is 1. The summed E-state index contributed by atoms with van der Waals surface area (Å²) in [7, 11) is 1.60. The summed E-state index contributed by atoms with van der Waals surface area (Å²) in [4.78, 5) is 12.3. The third kappa shape index (κ3) is 2.94. The van der Waals surface area contributed by atoms with E-state index in [1.165, 1.54) is 0 Å². The highest BCUT2D eigenvalue weighted by atomic mass is 16.5. The summed E-state index contributed by atoms with van der Waals surface area (Å²) in [5, 5.41) is 10.2. The van der Waals surface area contributed by atoms with Gasteiger partial charge in [0.05, 0.1) is 18.6 Å². The molecule has 0 saturated heterocycles. The molecule has 5 nitrogen and oxygen atoms in total. The monoisotopic (exact) mass is 263 g/mol. The summed E-state index contributed by atoms with van der Waals surface area (Å²) in [6, 6.07) is 7.18. The molecule has 2 rings (SSSR count). The zero-order valence-corrected chi connectivity index (χ0v) is 10.8. The van der Waals surface area contributed by atoms with Crippen molar-refractivity contribution in [1.82, 2.24) is 4.57 Å². The molecule has 0 radical (unpaired) electrons. The second-order valence-corrected chi connectivity index (χ2v) is 4.10. The van der Waals surface area contributed by atoms with Crippen LogP contribution in [0.2, 0.25) is 0 Å². The minimum atomic E-state index is -0.0657. The number of benzene rings is 1. The van der Waals surface area contributed by atoms with Crippen LogP contribution >= 0.6 is 0 Å². The lowest BCUT2D eigenvalue weighted by atomic mass is 10.1. The van der Waals surface area contributed by atoms with Crippen LogP contribution in [0.1, 0.15) is 0 Å². The van der Waals surface area contributed by atoms with Gasteiger partial charge in [-0.25, -0.2) is 0 Å². The lowest BCUT2D eigenvalue weighted by Crippen LogP contribution is -2.21. The van der Waals surface area contributed by atoms with E-state index in [1.54, 1.807) is 36.1 Å². The normalized spacial score (nSPS) is 10.8. The molecular formula is C14H17NO4. The number of aliphatic hydroxyl groups excluding tert-OH is 1. The molecule has 5 heteroatoms. The molecule has 19 heavy (non-hydrogen) atoms. The number of aromatic nitrogens is 1. The second kappa shape index (κ2) is 6.36. The van der Waals surface area contributed by atoms with E-state index >= 15 is 0 Å². The van der Waals surface area contributed by atoms with Crippen molar-refractivity contribution >= 4 is 10.8 Å². The Morgan fingerprint density at radius 2 is 2.05 bits per heavy atom. The van der Waals surface area contributed by atoms with Crippen LogP contribution in [-0.2, 0) is 11.3 Å². The number of hydrogen-bond acceptors (Lipinski definition) is 4. The van der Waals surface area contributed by atoms with Crippen molar-refractivity contribution in [2.75, 3.05) is 26.9 Å². The second-order valence-electron chi connectivity index (χ2n) is 4.10. The Morgan fingerprint density at radius 3 is 2.79 bits per heavy atom. The van der Waals surface area contributed by atoms with Crippen molar-refractivity contribution in [1.29, 1.82) is 0 Å². The summed E-state index contributed by atoms with van der Waals surface area (Å²) in [5.74, 6) is 0.613. The lowest BCUT2D eigenvalue weighted by Gasteiger charge is -2.10. The van der Waals surface area contributed by atoms with Gasteiger partial charge < -0.3 is 19.1 Å². The minimum absolute atomic E-state index is 0.0543. The molecule has 0 aliphatic carbocycles. The highest BCUT2D eigenvalue weighted by Crippen LogP contribution is 2.22. The summed E-state index contributed by atoms with van der Waals surface area (Å²) in [5.41, 5.74) is -0.0657. The molecule has 0 aliphatic heterocycles. The molecule has 1 aromatic carbocycles. The molecule has 0 saturated carbocycles. The van der Waals surface area contributed by atoms with E-state index in [1.807, 2.05) is 6.07 Å². The number of nitrogens with zero attached hydrogens (tertiary/aromatic N) is 1. The Kier molecular flexibility index (Phi) is 4.54. The predicted octanol–water partition coefficient (Wildman–Crippen LogP) is 1.02. The number of ether oxygens (including phenoxy) is 2. The van der Waals surface area contributed by atoms with E-state index in [4.69, 9.17) is 14.6 Å². The van der Waals surface area contributed by atoms with Crippen LogP contribution in [0.3, 0.4) is 0 Å². The Balaban J connectivity index is 2.43. The molecule has 2 aromatic rings.